The Balaban J connectivity index is 1.52. The lowest BCUT2D eigenvalue weighted by Gasteiger charge is -2.56. The molecule has 4 rings (SSSR count). The molecule has 0 aliphatic heterocycles. The molecular formula is C28H39F7O. The maximum atomic E-state index is 14.1. The fraction of sp³-hybridized carbons (Fsp3) is 0.893. The topological polar surface area (TPSA) is 17.1 Å². The van der Waals surface area contributed by atoms with Crippen LogP contribution in [0.15, 0.2) is 11.1 Å². The molecule has 8 heteroatoms. The normalized spacial score (nSPS) is 38.5. The fourth-order valence-electron chi connectivity index (χ4n) is 8.72. The van der Waals surface area contributed by atoms with E-state index in [1.807, 2.05) is 0 Å². The van der Waals surface area contributed by atoms with E-state index in [4.69, 9.17) is 0 Å². The van der Waals surface area contributed by atoms with E-state index in [1.54, 1.807) is 6.92 Å². The van der Waals surface area contributed by atoms with Crippen LogP contribution in [0.5, 0.6) is 0 Å². The number of halogens is 7. The molecule has 206 valence electrons. The van der Waals surface area contributed by atoms with Crippen molar-refractivity contribution in [1.29, 1.82) is 0 Å². The molecule has 0 aromatic carbocycles. The molecule has 0 amide bonds. The summed E-state index contributed by atoms with van der Waals surface area (Å²) in [5.41, 5.74) is -3.22. The first-order chi connectivity index (χ1) is 16.5. The van der Waals surface area contributed by atoms with Gasteiger partial charge in [0.15, 0.2) is 5.78 Å². The van der Waals surface area contributed by atoms with Crippen molar-refractivity contribution in [3.05, 3.63) is 11.1 Å². The molecule has 1 unspecified atom stereocenters. The lowest BCUT2D eigenvalue weighted by Crippen LogP contribution is -2.53. The highest BCUT2D eigenvalue weighted by molar-refractivity contribution is 6.00. The van der Waals surface area contributed by atoms with Crippen LogP contribution in [0.4, 0.5) is 30.7 Å². The summed E-state index contributed by atoms with van der Waals surface area (Å²) in [6, 6.07) is 0. The second-order valence-corrected chi connectivity index (χ2v) is 12.9. The first-order valence-electron chi connectivity index (χ1n) is 13.5. The summed E-state index contributed by atoms with van der Waals surface area (Å²) in [5.74, 6) is 1.45. The van der Waals surface area contributed by atoms with Gasteiger partial charge in [0.2, 0.25) is 0 Å². The van der Waals surface area contributed by atoms with Crippen molar-refractivity contribution in [2.45, 2.75) is 116 Å². The summed E-state index contributed by atoms with van der Waals surface area (Å²) in [4.78, 5) is 13.4. The summed E-state index contributed by atoms with van der Waals surface area (Å²) in [6.07, 6.45) is -6.53. The summed E-state index contributed by atoms with van der Waals surface area (Å²) in [6.45, 7) is 8.57. The molecule has 0 N–H and O–H groups in total. The second-order valence-electron chi connectivity index (χ2n) is 12.9. The van der Waals surface area contributed by atoms with E-state index < -0.39 is 36.3 Å². The van der Waals surface area contributed by atoms with Crippen molar-refractivity contribution >= 4 is 5.78 Å². The zero-order valence-corrected chi connectivity index (χ0v) is 21.7. The highest BCUT2D eigenvalue weighted by Gasteiger charge is 2.71. The van der Waals surface area contributed by atoms with E-state index in [1.165, 1.54) is 18.4 Å². The van der Waals surface area contributed by atoms with Gasteiger partial charge in [0, 0.05) is 12.0 Å². The predicted octanol–water partition coefficient (Wildman–Crippen LogP) is 9.16. The highest BCUT2D eigenvalue weighted by Crippen LogP contribution is 2.65. The quantitative estimate of drug-likeness (QED) is 0.328. The zero-order chi connectivity index (χ0) is 26.9. The van der Waals surface area contributed by atoms with E-state index in [2.05, 4.69) is 20.8 Å². The van der Waals surface area contributed by atoms with Gasteiger partial charge in [-0.1, -0.05) is 46.1 Å². The molecule has 1 nitrogen and oxygen atoms in total. The molecule has 0 aromatic rings. The Morgan fingerprint density at radius 2 is 1.61 bits per heavy atom. The van der Waals surface area contributed by atoms with Crippen molar-refractivity contribution in [2.24, 2.45) is 40.4 Å². The third-order valence-electron chi connectivity index (χ3n) is 10.9. The molecule has 0 saturated heterocycles. The SMILES string of the molecule is CC1CC[C@@]2(C)[C@@H](CCC3=C4C(=O)C[C@H]([C@H](C)CCCC(F)(C(F)(F)F)C(F)(F)F)[C@@]4(C)CC[C@@H]32)C1. The molecule has 0 spiro atoms. The second kappa shape index (κ2) is 9.00. The molecular weight excluding hydrogens is 485 g/mol. The summed E-state index contributed by atoms with van der Waals surface area (Å²) in [7, 11) is 0. The van der Waals surface area contributed by atoms with E-state index in [9.17, 15) is 35.5 Å². The van der Waals surface area contributed by atoms with Crippen LogP contribution in [-0.2, 0) is 4.79 Å². The number of carbonyl (C=O) groups excluding carboxylic acids is 1. The van der Waals surface area contributed by atoms with Crippen LogP contribution in [0.3, 0.4) is 0 Å². The largest absolute Gasteiger partial charge is 0.431 e. The van der Waals surface area contributed by atoms with E-state index in [0.717, 1.165) is 43.6 Å². The van der Waals surface area contributed by atoms with Crippen LogP contribution in [0.2, 0.25) is 0 Å². The van der Waals surface area contributed by atoms with Gasteiger partial charge in [-0.3, -0.25) is 4.79 Å². The minimum atomic E-state index is -6.01. The van der Waals surface area contributed by atoms with Crippen molar-refractivity contribution < 1.29 is 35.5 Å². The number of alkyl halides is 7. The summed E-state index contributed by atoms with van der Waals surface area (Å²) in [5, 5.41) is 0. The summed E-state index contributed by atoms with van der Waals surface area (Å²) < 4.78 is 91.8. The predicted molar refractivity (Wildman–Crippen MR) is 124 cm³/mol. The maximum absolute atomic E-state index is 14.1. The first kappa shape index (κ1) is 27.9. The Bertz CT molecular complexity index is 889. The van der Waals surface area contributed by atoms with Crippen molar-refractivity contribution in [1.82, 2.24) is 0 Å². The van der Waals surface area contributed by atoms with Gasteiger partial charge in [0.25, 0.3) is 5.67 Å². The van der Waals surface area contributed by atoms with Gasteiger partial charge in [-0.2, -0.15) is 26.3 Å². The van der Waals surface area contributed by atoms with Gasteiger partial charge in [-0.25, -0.2) is 4.39 Å². The molecule has 36 heavy (non-hydrogen) atoms. The number of allylic oxidation sites excluding steroid dienone is 2. The minimum Gasteiger partial charge on any atom is -0.295 e. The Labute approximate surface area is 209 Å². The van der Waals surface area contributed by atoms with Crippen LogP contribution >= 0.6 is 0 Å². The number of fused-ring (bicyclic) bond motifs is 4. The molecule has 7 atom stereocenters. The molecule has 0 aromatic heterocycles. The average molecular weight is 525 g/mol. The third kappa shape index (κ3) is 4.24. The van der Waals surface area contributed by atoms with Gasteiger partial charge in [0.1, 0.15) is 0 Å². The Kier molecular flexibility index (Phi) is 6.98. The van der Waals surface area contributed by atoms with Gasteiger partial charge >= 0.3 is 12.4 Å². The lowest BCUT2D eigenvalue weighted by atomic mass is 9.48. The van der Waals surface area contributed by atoms with Crippen molar-refractivity contribution in [3.63, 3.8) is 0 Å². The Morgan fingerprint density at radius 1 is 0.972 bits per heavy atom. The van der Waals surface area contributed by atoms with Crippen LogP contribution in [0.25, 0.3) is 0 Å². The van der Waals surface area contributed by atoms with Gasteiger partial charge < -0.3 is 0 Å². The molecule has 0 radical (unpaired) electrons. The van der Waals surface area contributed by atoms with Crippen LogP contribution < -0.4 is 0 Å². The summed E-state index contributed by atoms with van der Waals surface area (Å²) >= 11 is 0. The number of rotatable bonds is 5. The fourth-order valence-corrected chi connectivity index (χ4v) is 8.72. The zero-order valence-electron chi connectivity index (χ0n) is 21.7. The Morgan fingerprint density at radius 3 is 2.22 bits per heavy atom. The standard InChI is InChI=1S/C28H39F7O/c1-16-9-12-24(3)18(14-16)7-8-19-20(24)10-13-25(4)21(15-22(36)23(19)25)17(2)6-5-11-26(29,27(30,31)32)28(33,34)35/h16-18,20-21H,5-15H2,1-4H3/t16?,17-,18+,20+,21-,24+,25-/m1/s1. The lowest BCUT2D eigenvalue weighted by molar-refractivity contribution is -0.343. The van der Waals surface area contributed by atoms with Crippen LogP contribution in [0.1, 0.15) is 98.3 Å². The monoisotopic (exact) mass is 524 g/mol. The van der Waals surface area contributed by atoms with Gasteiger partial charge in [-0.15, -0.1) is 0 Å². The van der Waals surface area contributed by atoms with E-state index >= 15 is 0 Å². The average Bonchev–Trinajstić information content (AvgIpc) is 3.03. The van der Waals surface area contributed by atoms with Crippen LogP contribution in [0, 0.1) is 40.4 Å². The molecule has 0 heterocycles. The number of Topliss-reactive ketones (excluding diaryl/α,β-unsaturated/α-hetero) is 1. The molecule has 4 aliphatic carbocycles. The van der Waals surface area contributed by atoms with E-state index in [-0.39, 0.29) is 35.9 Å². The van der Waals surface area contributed by atoms with Crippen LogP contribution in [-0.4, -0.2) is 23.8 Å². The third-order valence-corrected chi connectivity index (χ3v) is 10.9. The smallest absolute Gasteiger partial charge is 0.295 e. The van der Waals surface area contributed by atoms with Crippen molar-refractivity contribution in [2.75, 3.05) is 0 Å². The Hall–Kier alpha value is -1.08. The molecule has 4 aliphatic rings. The molecule has 3 fully saturated rings. The molecule has 3 saturated carbocycles. The first-order valence-corrected chi connectivity index (χ1v) is 13.5. The number of ketones is 1. The number of carbonyl (C=O) groups is 1. The highest BCUT2D eigenvalue weighted by atomic mass is 19.4. The van der Waals surface area contributed by atoms with Gasteiger partial charge in [-0.05, 0) is 91.8 Å². The minimum absolute atomic E-state index is 0.0229. The molecule has 0 bridgehead atoms. The number of hydrogen-bond donors (Lipinski definition) is 0. The number of hydrogen-bond acceptors (Lipinski definition) is 1. The van der Waals surface area contributed by atoms with Gasteiger partial charge in [0.05, 0.1) is 0 Å². The maximum Gasteiger partial charge on any atom is 0.431 e. The van der Waals surface area contributed by atoms with Crippen molar-refractivity contribution in [3.8, 4) is 0 Å². The van der Waals surface area contributed by atoms with E-state index in [0.29, 0.717) is 11.8 Å².